The summed E-state index contributed by atoms with van der Waals surface area (Å²) in [7, 11) is 2.04. The van der Waals surface area contributed by atoms with Crippen molar-refractivity contribution in [3.05, 3.63) is 95.7 Å². The van der Waals surface area contributed by atoms with Crippen molar-refractivity contribution < 1.29 is 9.53 Å². The Morgan fingerprint density at radius 1 is 0.878 bits per heavy atom. The standard InChI is InChI=1S/C34H39N5O2/c1-3-41-34(40)39-22-18-29(19-23-39)38-20-16-27(17-21-38)33-30-24-28(14-15-31(30)37(2)36-33)35-32(25-10-6-4-7-11-25)26-12-8-5-9-13-26/h4-15,24,27,29H,3,16-23H2,1-2H3. The Morgan fingerprint density at radius 3 is 2.12 bits per heavy atom. The van der Waals surface area contributed by atoms with Gasteiger partial charge in [0.15, 0.2) is 0 Å². The molecule has 3 aromatic carbocycles. The summed E-state index contributed by atoms with van der Waals surface area (Å²) >= 11 is 0. The maximum absolute atomic E-state index is 12.1. The molecule has 2 aliphatic heterocycles. The summed E-state index contributed by atoms with van der Waals surface area (Å²) in [5.41, 5.74) is 6.46. The molecule has 0 unspecified atom stereocenters. The molecule has 3 heterocycles. The van der Waals surface area contributed by atoms with Crippen LogP contribution < -0.4 is 0 Å². The summed E-state index contributed by atoms with van der Waals surface area (Å²) in [5.74, 6) is 0.427. The van der Waals surface area contributed by atoms with Gasteiger partial charge in [-0.15, -0.1) is 0 Å². The maximum Gasteiger partial charge on any atom is 0.409 e. The molecule has 41 heavy (non-hydrogen) atoms. The van der Waals surface area contributed by atoms with Gasteiger partial charge in [-0.25, -0.2) is 9.79 Å². The maximum atomic E-state index is 12.1. The molecule has 6 rings (SSSR count). The Kier molecular flexibility index (Phi) is 8.14. The van der Waals surface area contributed by atoms with Gasteiger partial charge in [0.25, 0.3) is 0 Å². The third-order valence-corrected chi connectivity index (χ3v) is 8.62. The Labute approximate surface area is 242 Å². The lowest BCUT2D eigenvalue weighted by Gasteiger charge is -2.41. The number of hydrogen-bond acceptors (Lipinski definition) is 5. The fraction of sp³-hybridized carbons (Fsp3) is 0.382. The summed E-state index contributed by atoms with van der Waals surface area (Å²) in [6.07, 6.45) is 4.05. The molecule has 4 aromatic rings. The molecule has 7 heteroatoms. The Balaban J connectivity index is 1.20. The van der Waals surface area contributed by atoms with E-state index >= 15 is 0 Å². The summed E-state index contributed by atoms with van der Waals surface area (Å²) in [4.78, 5) is 21.8. The fourth-order valence-corrected chi connectivity index (χ4v) is 6.44. The molecule has 2 fully saturated rings. The molecule has 1 amide bonds. The third-order valence-electron chi connectivity index (χ3n) is 8.62. The number of amides is 1. The number of aromatic nitrogens is 2. The molecule has 0 radical (unpaired) electrons. The first kappa shape index (κ1) is 27.2. The molecule has 212 valence electrons. The Morgan fingerprint density at radius 2 is 1.51 bits per heavy atom. The predicted molar refractivity (Wildman–Crippen MR) is 164 cm³/mol. The van der Waals surface area contributed by atoms with Gasteiger partial charge in [0.05, 0.1) is 29.2 Å². The van der Waals surface area contributed by atoms with Crippen LogP contribution in [0, 0.1) is 0 Å². The highest BCUT2D eigenvalue weighted by molar-refractivity contribution is 6.14. The van der Waals surface area contributed by atoms with E-state index in [1.165, 1.54) is 11.1 Å². The normalized spacial score (nSPS) is 17.1. The van der Waals surface area contributed by atoms with Crippen LogP contribution in [0.25, 0.3) is 10.9 Å². The Hall–Kier alpha value is -3.97. The summed E-state index contributed by atoms with van der Waals surface area (Å²) in [5, 5.41) is 6.23. The number of ether oxygens (including phenoxy) is 1. The number of nitrogens with zero attached hydrogens (tertiary/aromatic N) is 5. The molecule has 2 saturated heterocycles. The van der Waals surface area contributed by atoms with Gasteiger partial charge in [0.1, 0.15) is 0 Å². The summed E-state index contributed by atoms with van der Waals surface area (Å²) in [6.45, 7) is 5.99. The first-order valence-corrected chi connectivity index (χ1v) is 14.9. The number of likely N-dealkylation sites (tertiary alicyclic amines) is 2. The monoisotopic (exact) mass is 549 g/mol. The molecule has 0 N–H and O–H groups in total. The van der Waals surface area contributed by atoms with Gasteiger partial charge in [-0.3, -0.25) is 4.68 Å². The second-order valence-corrected chi connectivity index (χ2v) is 11.1. The summed E-state index contributed by atoms with van der Waals surface area (Å²) in [6, 6.07) is 27.8. The molecule has 0 aliphatic carbocycles. The van der Waals surface area contributed by atoms with Crippen LogP contribution in [0.2, 0.25) is 0 Å². The molecular formula is C34H39N5O2. The lowest BCUT2D eigenvalue weighted by molar-refractivity contribution is 0.0661. The van der Waals surface area contributed by atoms with Gasteiger partial charge in [-0.2, -0.15) is 5.10 Å². The van der Waals surface area contributed by atoms with Gasteiger partial charge < -0.3 is 14.5 Å². The van der Waals surface area contributed by atoms with Crippen LogP contribution in [0.4, 0.5) is 10.5 Å². The second-order valence-electron chi connectivity index (χ2n) is 11.1. The smallest absolute Gasteiger partial charge is 0.409 e. The van der Waals surface area contributed by atoms with Crippen molar-refractivity contribution >= 4 is 28.4 Å². The highest BCUT2D eigenvalue weighted by Gasteiger charge is 2.31. The number of hydrogen-bond donors (Lipinski definition) is 0. The first-order chi connectivity index (χ1) is 20.1. The van der Waals surface area contributed by atoms with E-state index in [1.807, 2.05) is 35.7 Å². The van der Waals surface area contributed by atoms with E-state index in [1.54, 1.807) is 0 Å². The van der Waals surface area contributed by atoms with E-state index in [-0.39, 0.29) is 6.09 Å². The van der Waals surface area contributed by atoms with E-state index in [0.717, 1.165) is 79.9 Å². The van der Waals surface area contributed by atoms with Gasteiger partial charge in [0.2, 0.25) is 0 Å². The molecule has 2 aliphatic rings. The zero-order valence-corrected chi connectivity index (χ0v) is 24.1. The van der Waals surface area contributed by atoms with E-state index < -0.39 is 0 Å². The number of aryl methyl sites for hydroxylation is 1. The van der Waals surface area contributed by atoms with Gasteiger partial charge in [-0.05, 0) is 63.9 Å². The Bertz CT molecular complexity index is 1460. The number of piperidine rings is 2. The second kappa shape index (κ2) is 12.3. The summed E-state index contributed by atoms with van der Waals surface area (Å²) < 4.78 is 7.21. The number of benzene rings is 3. The lowest BCUT2D eigenvalue weighted by atomic mass is 9.89. The SMILES string of the molecule is CCOC(=O)N1CCC(N2CCC(c3nn(C)c4ccc(N=C(c5ccccc5)c5ccccc5)cc34)CC2)CC1. The molecule has 0 atom stereocenters. The molecule has 0 saturated carbocycles. The highest BCUT2D eigenvalue weighted by atomic mass is 16.6. The van der Waals surface area contributed by atoms with Crippen molar-refractivity contribution in [2.75, 3.05) is 32.8 Å². The van der Waals surface area contributed by atoms with E-state index in [9.17, 15) is 4.79 Å². The van der Waals surface area contributed by atoms with Crippen LogP contribution in [-0.4, -0.2) is 70.2 Å². The molecule has 0 bridgehead atoms. The number of carbonyl (C=O) groups excluding carboxylic acids is 1. The van der Waals surface area contributed by atoms with E-state index in [4.69, 9.17) is 14.8 Å². The van der Waals surface area contributed by atoms with Gasteiger partial charge in [-0.1, -0.05) is 60.7 Å². The topological polar surface area (TPSA) is 63.0 Å². The number of fused-ring (bicyclic) bond motifs is 1. The van der Waals surface area contributed by atoms with Crippen molar-refractivity contribution in [2.24, 2.45) is 12.0 Å². The van der Waals surface area contributed by atoms with Crippen molar-refractivity contribution in [1.82, 2.24) is 19.6 Å². The minimum atomic E-state index is -0.171. The van der Waals surface area contributed by atoms with E-state index in [0.29, 0.717) is 18.6 Å². The average molecular weight is 550 g/mol. The largest absolute Gasteiger partial charge is 0.450 e. The van der Waals surface area contributed by atoms with Crippen molar-refractivity contribution in [1.29, 1.82) is 0 Å². The van der Waals surface area contributed by atoms with Crippen molar-refractivity contribution in [3.8, 4) is 0 Å². The molecule has 1 aromatic heterocycles. The quantitative estimate of drug-likeness (QED) is 0.256. The lowest BCUT2D eigenvalue weighted by Crippen LogP contribution is -2.49. The number of aliphatic imine (C=N–C) groups is 1. The van der Waals surface area contributed by atoms with Crippen molar-refractivity contribution in [2.45, 2.75) is 44.6 Å². The van der Waals surface area contributed by atoms with Gasteiger partial charge in [0, 0.05) is 48.6 Å². The van der Waals surface area contributed by atoms with Crippen molar-refractivity contribution in [3.63, 3.8) is 0 Å². The first-order valence-electron chi connectivity index (χ1n) is 14.9. The zero-order valence-electron chi connectivity index (χ0n) is 24.1. The predicted octanol–water partition coefficient (Wildman–Crippen LogP) is 6.54. The molecule has 0 spiro atoms. The highest BCUT2D eigenvalue weighted by Crippen LogP contribution is 2.35. The fourth-order valence-electron chi connectivity index (χ4n) is 6.44. The van der Waals surface area contributed by atoms with Gasteiger partial charge >= 0.3 is 6.09 Å². The van der Waals surface area contributed by atoms with E-state index in [2.05, 4.69) is 71.6 Å². The average Bonchev–Trinajstić information content (AvgIpc) is 3.36. The van der Waals surface area contributed by atoms with Crippen LogP contribution in [0.3, 0.4) is 0 Å². The van der Waals surface area contributed by atoms with Crippen LogP contribution >= 0.6 is 0 Å². The molecule has 7 nitrogen and oxygen atoms in total. The number of rotatable bonds is 6. The van der Waals surface area contributed by atoms with Crippen LogP contribution in [-0.2, 0) is 11.8 Å². The van der Waals surface area contributed by atoms with Crippen LogP contribution in [0.5, 0.6) is 0 Å². The minimum Gasteiger partial charge on any atom is -0.450 e. The van der Waals surface area contributed by atoms with Crippen LogP contribution in [0.1, 0.15) is 55.3 Å². The molecular weight excluding hydrogens is 510 g/mol. The number of carbonyl (C=O) groups is 1. The third kappa shape index (κ3) is 5.91. The minimum absolute atomic E-state index is 0.171. The van der Waals surface area contributed by atoms with Crippen LogP contribution in [0.15, 0.2) is 83.9 Å². The zero-order chi connectivity index (χ0) is 28.2.